The topological polar surface area (TPSA) is 29.9 Å². The van der Waals surface area contributed by atoms with Gasteiger partial charge in [-0.2, -0.15) is 5.10 Å². The van der Waals surface area contributed by atoms with E-state index in [0.717, 1.165) is 28.0 Å². The van der Waals surface area contributed by atoms with Crippen LogP contribution in [0.4, 0.5) is 4.39 Å². The SMILES string of the molecule is CCn1nc(C)c(Br)c1CNC(C)c1ccc(F)cc1. The van der Waals surface area contributed by atoms with Gasteiger partial charge in [-0.25, -0.2) is 4.39 Å². The van der Waals surface area contributed by atoms with Crippen LogP contribution in [0.2, 0.25) is 0 Å². The summed E-state index contributed by atoms with van der Waals surface area (Å²) < 4.78 is 16.0. The number of rotatable bonds is 5. The molecule has 2 rings (SSSR count). The zero-order chi connectivity index (χ0) is 14.7. The fourth-order valence-corrected chi connectivity index (χ4v) is 2.58. The second kappa shape index (κ2) is 6.50. The summed E-state index contributed by atoms with van der Waals surface area (Å²) in [6.45, 7) is 7.69. The van der Waals surface area contributed by atoms with Crippen LogP contribution in [0.15, 0.2) is 28.7 Å². The van der Waals surface area contributed by atoms with Crippen molar-refractivity contribution in [1.82, 2.24) is 15.1 Å². The van der Waals surface area contributed by atoms with Crippen LogP contribution in [0.5, 0.6) is 0 Å². The molecule has 1 unspecified atom stereocenters. The Morgan fingerprint density at radius 1 is 1.35 bits per heavy atom. The molecule has 2 aromatic rings. The highest BCUT2D eigenvalue weighted by Crippen LogP contribution is 2.22. The van der Waals surface area contributed by atoms with Crippen LogP contribution < -0.4 is 5.32 Å². The van der Waals surface area contributed by atoms with Crippen LogP contribution in [-0.4, -0.2) is 9.78 Å². The van der Waals surface area contributed by atoms with Gasteiger partial charge in [0, 0.05) is 19.1 Å². The van der Waals surface area contributed by atoms with Gasteiger partial charge in [0.1, 0.15) is 5.82 Å². The molecule has 1 aromatic carbocycles. The summed E-state index contributed by atoms with van der Waals surface area (Å²) in [5.74, 6) is -0.205. The summed E-state index contributed by atoms with van der Waals surface area (Å²) >= 11 is 3.58. The van der Waals surface area contributed by atoms with E-state index in [4.69, 9.17) is 0 Å². The highest BCUT2D eigenvalue weighted by molar-refractivity contribution is 9.10. The predicted octanol–water partition coefficient (Wildman–Crippen LogP) is 3.96. The Hall–Kier alpha value is -1.20. The average Bonchev–Trinajstić information content (AvgIpc) is 2.72. The van der Waals surface area contributed by atoms with Crippen LogP contribution in [0, 0.1) is 12.7 Å². The zero-order valence-corrected chi connectivity index (χ0v) is 13.5. The van der Waals surface area contributed by atoms with Gasteiger partial charge in [-0.15, -0.1) is 0 Å². The molecule has 0 aliphatic carbocycles. The first-order valence-corrected chi connectivity index (χ1v) is 7.52. The number of nitrogens with one attached hydrogen (secondary N) is 1. The van der Waals surface area contributed by atoms with Crippen LogP contribution >= 0.6 is 15.9 Å². The van der Waals surface area contributed by atoms with Crippen LogP contribution in [0.3, 0.4) is 0 Å². The summed E-state index contributed by atoms with van der Waals surface area (Å²) in [6.07, 6.45) is 0. The summed E-state index contributed by atoms with van der Waals surface area (Å²) in [4.78, 5) is 0. The summed E-state index contributed by atoms with van der Waals surface area (Å²) in [5, 5.41) is 7.92. The Balaban J connectivity index is 2.07. The Bertz CT molecular complexity index is 578. The van der Waals surface area contributed by atoms with Gasteiger partial charge in [0.25, 0.3) is 0 Å². The van der Waals surface area contributed by atoms with E-state index < -0.39 is 0 Å². The number of hydrogen-bond acceptors (Lipinski definition) is 2. The smallest absolute Gasteiger partial charge is 0.123 e. The average molecular weight is 340 g/mol. The van der Waals surface area contributed by atoms with Crippen molar-refractivity contribution < 1.29 is 4.39 Å². The summed E-state index contributed by atoms with van der Waals surface area (Å²) in [7, 11) is 0. The molecule has 0 fully saturated rings. The molecular formula is C15H19BrFN3. The predicted molar refractivity (Wildman–Crippen MR) is 82.0 cm³/mol. The lowest BCUT2D eigenvalue weighted by Gasteiger charge is -2.15. The minimum atomic E-state index is -0.205. The monoisotopic (exact) mass is 339 g/mol. The van der Waals surface area contributed by atoms with Crippen LogP contribution in [0.1, 0.15) is 36.8 Å². The molecule has 20 heavy (non-hydrogen) atoms. The Kier molecular flexibility index (Phi) is 4.94. The second-order valence-electron chi connectivity index (χ2n) is 4.82. The molecule has 0 saturated heterocycles. The van der Waals surface area contributed by atoms with Gasteiger partial charge in [-0.1, -0.05) is 12.1 Å². The minimum Gasteiger partial charge on any atom is -0.305 e. The van der Waals surface area contributed by atoms with E-state index in [1.807, 2.05) is 23.7 Å². The summed E-state index contributed by atoms with van der Waals surface area (Å²) in [5.41, 5.74) is 3.21. The Morgan fingerprint density at radius 2 is 2.00 bits per heavy atom. The largest absolute Gasteiger partial charge is 0.305 e. The fraction of sp³-hybridized carbons (Fsp3) is 0.400. The first kappa shape index (κ1) is 15.2. The van der Waals surface area contributed by atoms with Crippen LogP contribution in [0.25, 0.3) is 0 Å². The van der Waals surface area contributed by atoms with Gasteiger partial charge in [0.05, 0.1) is 15.9 Å². The van der Waals surface area contributed by atoms with Gasteiger partial charge in [-0.05, 0) is 54.4 Å². The number of benzene rings is 1. The van der Waals surface area contributed by atoms with Gasteiger partial charge in [0.15, 0.2) is 0 Å². The van der Waals surface area contributed by atoms with E-state index in [2.05, 4.69) is 40.2 Å². The fourth-order valence-electron chi connectivity index (χ4n) is 2.16. The molecule has 3 nitrogen and oxygen atoms in total. The Labute approximate surface area is 127 Å². The second-order valence-corrected chi connectivity index (χ2v) is 5.61. The Morgan fingerprint density at radius 3 is 2.60 bits per heavy atom. The van der Waals surface area contributed by atoms with E-state index in [0.29, 0.717) is 6.54 Å². The lowest BCUT2D eigenvalue weighted by atomic mass is 10.1. The molecule has 1 N–H and O–H groups in total. The van der Waals surface area contributed by atoms with Crippen molar-refractivity contribution in [2.45, 2.75) is 39.9 Å². The van der Waals surface area contributed by atoms with Crippen LogP contribution in [-0.2, 0) is 13.1 Å². The van der Waals surface area contributed by atoms with E-state index >= 15 is 0 Å². The maximum absolute atomic E-state index is 12.9. The molecule has 0 amide bonds. The first-order valence-electron chi connectivity index (χ1n) is 6.73. The molecule has 0 saturated carbocycles. The van der Waals surface area contributed by atoms with Crippen molar-refractivity contribution in [3.8, 4) is 0 Å². The maximum atomic E-state index is 12.9. The molecule has 0 bridgehead atoms. The van der Waals surface area contributed by atoms with Gasteiger partial charge in [-0.3, -0.25) is 4.68 Å². The molecule has 0 aliphatic heterocycles. The van der Waals surface area contributed by atoms with Crippen molar-refractivity contribution in [1.29, 1.82) is 0 Å². The molecule has 0 radical (unpaired) electrons. The quantitative estimate of drug-likeness (QED) is 0.893. The van der Waals surface area contributed by atoms with Gasteiger partial charge < -0.3 is 5.32 Å². The van der Waals surface area contributed by atoms with Crippen molar-refractivity contribution in [2.75, 3.05) is 0 Å². The standard InChI is InChI=1S/C15H19BrFN3/c1-4-20-14(15(16)11(3)19-20)9-18-10(2)12-5-7-13(17)8-6-12/h5-8,10,18H,4,9H2,1-3H3. The molecular weight excluding hydrogens is 321 g/mol. The molecule has 1 atom stereocenters. The zero-order valence-electron chi connectivity index (χ0n) is 12.0. The lowest BCUT2D eigenvalue weighted by molar-refractivity contribution is 0.529. The highest BCUT2D eigenvalue weighted by Gasteiger charge is 2.13. The molecule has 1 aromatic heterocycles. The lowest BCUT2D eigenvalue weighted by Crippen LogP contribution is -2.20. The van der Waals surface area contributed by atoms with Crippen molar-refractivity contribution in [3.05, 3.63) is 51.5 Å². The van der Waals surface area contributed by atoms with Crippen molar-refractivity contribution in [2.24, 2.45) is 0 Å². The highest BCUT2D eigenvalue weighted by atomic mass is 79.9. The first-order chi connectivity index (χ1) is 9.52. The third-order valence-corrected chi connectivity index (χ3v) is 4.43. The molecule has 108 valence electrons. The molecule has 5 heteroatoms. The van der Waals surface area contributed by atoms with Gasteiger partial charge >= 0.3 is 0 Å². The molecule has 0 aliphatic rings. The number of nitrogens with zero attached hydrogens (tertiary/aromatic N) is 2. The van der Waals surface area contributed by atoms with Crippen molar-refractivity contribution in [3.63, 3.8) is 0 Å². The number of aromatic nitrogens is 2. The third-order valence-electron chi connectivity index (χ3n) is 3.40. The van der Waals surface area contributed by atoms with E-state index in [1.165, 1.54) is 12.1 Å². The normalized spacial score (nSPS) is 12.7. The molecule has 0 spiro atoms. The third kappa shape index (κ3) is 3.27. The minimum absolute atomic E-state index is 0.156. The number of aryl methyl sites for hydroxylation is 2. The molecule has 1 heterocycles. The number of halogens is 2. The van der Waals surface area contributed by atoms with Gasteiger partial charge in [0.2, 0.25) is 0 Å². The van der Waals surface area contributed by atoms with E-state index in [1.54, 1.807) is 0 Å². The summed E-state index contributed by atoms with van der Waals surface area (Å²) in [6, 6.07) is 6.76. The maximum Gasteiger partial charge on any atom is 0.123 e. The number of hydrogen-bond donors (Lipinski definition) is 1. The van der Waals surface area contributed by atoms with E-state index in [-0.39, 0.29) is 11.9 Å². The van der Waals surface area contributed by atoms with Crippen molar-refractivity contribution >= 4 is 15.9 Å². The van der Waals surface area contributed by atoms with E-state index in [9.17, 15) is 4.39 Å².